The molecule has 0 aromatic heterocycles. The van der Waals surface area contributed by atoms with Crippen LogP contribution in [0.2, 0.25) is 0 Å². The number of nitrogens with one attached hydrogen (secondary N) is 2. The molecule has 0 saturated heterocycles. The van der Waals surface area contributed by atoms with Crippen molar-refractivity contribution in [2.24, 2.45) is 0 Å². The molecule has 0 aliphatic heterocycles. The number of fused-ring (bicyclic) bond motifs is 3. The normalized spacial score (nSPS) is 12.4. The van der Waals surface area contributed by atoms with Crippen LogP contribution in [0.25, 0.3) is 22.3 Å². The van der Waals surface area contributed by atoms with E-state index in [0.717, 1.165) is 34.4 Å². The third-order valence-electron chi connectivity index (χ3n) is 7.19. The molecule has 202 valence electrons. The average molecular weight is 549 g/mol. The second-order valence-electron chi connectivity index (χ2n) is 9.74. The number of carbonyl (C=O) groups excluding carboxylic acids is 2. The summed E-state index contributed by atoms with van der Waals surface area (Å²) in [5.41, 5.74) is 5.50. The van der Waals surface area contributed by atoms with E-state index in [0.29, 0.717) is 27.9 Å². The molecule has 0 radical (unpaired) electrons. The van der Waals surface area contributed by atoms with Crippen molar-refractivity contribution >= 4 is 17.5 Å². The van der Waals surface area contributed by atoms with Crippen molar-refractivity contribution in [2.75, 3.05) is 5.32 Å². The Morgan fingerprint density at radius 2 is 1.20 bits per heavy atom. The molecule has 1 aliphatic rings. The number of hydrogen-bond acceptors (Lipinski definition) is 2. The van der Waals surface area contributed by atoms with Crippen LogP contribution in [0.4, 0.5) is 18.9 Å². The molecule has 2 amide bonds. The van der Waals surface area contributed by atoms with Crippen LogP contribution in [0.1, 0.15) is 43.4 Å². The summed E-state index contributed by atoms with van der Waals surface area (Å²) < 4.78 is 39.0. The smallest absolute Gasteiger partial charge is 0.341 e. The van der Waals surface area contributed by atoms with Gasteiger partial charge in [0.25, 0.3) is 11.8 Å². The Morgan fingerprint density at radius 1 is 0.610 bits per heavy atom. The topological polar surface area (TPSA) is 58.2 Å². The lowest BCUT2D eigenvalue weighted by Gasteiger charge is -2.16. The van der Waals surface area contributed by atoms with E-state index < -0.39 is 17.6 Å². The third kappa shape index (κ3) is 5.10. The minimum absolute atomic E-state index is 0.289. The SMILES string of the molecule is O=C(NC1c2ccccc2-c2ccccc21)c1cccc(NC(=O)c2ccccc2-c2ccc(C(F)(F)F)cc2)c1. The van der Waals surface area contributed by atoms with Crippen molar-refractivity contribution in [3.05, 3.63) is 149 Å². The molecule has 6 rings (SSSR count). The molecule has 41 heavy (non-hydrogen) atoms. The first kappa shape index (κ1) is 26.1. The molecule has 0 heterocycles. The summed E-state index contributed by atoms with van der Waals surface area (Å²) in [7, 11) is 0. The lowest BCUT2D eigenvalue weighted by atomic mass is 9.98. The molecular formula is C34H23F3N2O2. The predicted octanol–water partition coefficient (Wildman–Crippen LogP) is 8.12. The maximum absolute atomic E-state index is 13.4. The Morgan fingerprint density at radius 3 is 1.83 bits per heavy atom. The molecule has 5 aromatic carbocycles. The Hall–Kier alpha value is -5.17. The Labute approximate surface area is 234 Å². The van der Waals surface area contributed by atoms with Crippen molar-refractivity contribution in [3.63, 3.8) is 0 Å². The van der Waals surface area contributed by atoms with E-state index in [-0.39, 0.29) is 11.9 Å². The van der Waals surface area contributed by atoms with Gasteiger partial charge in [0.2, 0.25) is 0 Å². The molecule has 0 unspecified atom stereocenters. The number of amides is 2. The zero-order chi connectivity index (χ0) is 28.6. The highest BCUT2D eigenvalue weighted by molar-refractivity contribution is 6.09. The highest BCUT2D eigenvalue weighted by Gasteiger charge is 2.31. The maximum atomic E-state index is 13.4. The number of alkyl halides is 3. The summed E-state index contributed by atoms with van der Waals surface area (Å²) in [6, 6.07) is 33.6. The summed E-state index contributed by atoms with van der Waals surface area (Å²) in [5, 5.41) is 5.96. The molecule has 0 saturated carbocycles. The van der Waals surface area contributed by atoms with Crippen molar-refractivity contribution in [1.82, 2.24) is 5.32 Å². The van der Waals surface area contributed by atoms with Gasteiger partial charge in [-0.15, -0.1) is 0 Å². The van der Waals surface area contributed by atoms with Gasteiger partial charge >= 0.3 is 6.18 Å². The Bertz CT molecular complexity index is 1730. The molecule has 5 aromatic rings. The molecular weight excluding hydrogens is 525 g/mol. The van der Waals surface area contributed by atoms with Crippen LogP contribution in [-0.2, 0) is 6.18 Å². The minimum atomic E-state index is -4.45. The molecule has 1 aliphatic carbocycles. The van der Waals surface area contributed by atoms with Gasteiger partial charge < -0.3 is 10.6 Å². The Balaban J connectivity index is 1.22. The van der Waals surface area contributed by atoms with E-state index >= 15 is 0 Å². The van der Waals surface area contributed by atoms with Gasteiger partial charge in [-0.25, -0.2) is 0 Å². The van der Waals surface area contributed by atoms with Crippen molar-refractivity contribution in [2.45, 2.75) is 12.2 Å². The maximum Gasteiger partial charge on any atom is 0.416 e. The molecule has 0 bridgehead atoms. The molecule has 0 atom stereocenters. The quantitative estimate of drug-likeness (QED) is 0.233. The zero-order valence-corrected chi connectivity index (χ0v) is 21.6. The van der Waals surface area contributed by atoms with Crippen LogP contribution >= 0.6 is 0 Å². The highest BCUT2D eigenvalue weighted by Crippen LogP contribution is 2.43. The van der Waals surface area contributed by atoms with Crippen LogP contribution in [-0.4, -0.2) is 11.8 Å². The third-order valence-corrected chi connectivity index (χ3v) is 7.19. The van der Waals surface area contributed by atoms with E-state index in [2.05, 4.69) is 10.6 Å². The van der Waals surface area contributed by atoms with Gasteiger partial charge in [0.05, 0.1) is 11.6 Å². The van der Waals surface area contributed by atoms with Gasteiger partial charge in [-0.3, -0.25) is 9.59 Å². The van der Waals surface area contributed by atoms with E-state index in [9.17, 15) is 22.8 Å². The summed E-state index contributed by atoms with van der Waals surface area (Å²) in [5.74, 6) is -0.737. The molecule has 4 nitrogen and oxygen atoms in total. The fourth-order valence-electron chi connectivity index (χ4n) is 5.23. The largest absolute Gasteiger partial charge is 0.416 e. The number of anilines is 1. The van der Waals surface area contributed by atoms with Gasteiger partial charge in [-0.2, -0.15) is 13.2 Å². The van der Waals surface area contributed by atoms with Crippen LogP contribution < -0.4 is 10.6 Å². The van der Waals surface area contributed by atoms with Gasteiger partial charge in [-0.1, -0.05) is 84.9 Å². The van der Waals surface area contributed by atoms with Gasteiger partial charge in [-0.05, 0) is 69.8 Å². The number of carbonyl (C=O) groups is 2. The van der Waals surface area contributed by atoms with Crippen molar-refractivity contribution in [3.8, 4) is 22.3 Å². The van der Waals surface area contributed by atoms with E-state index in [1.54, 1.807) is 48.5 Å². The van der Waals surface area contributed by atoms with Crippen molar-refractivity contribution in [1.29, 1.82) is 0 Å². The first-order valence-corrected chi connectivity index (χ1v) is 13.0. The Kier molecular flexibility index (Phi) is 6.63. The van der Waals surface area contributed by atoms with Crippen LogP contribution in [0.15, 0.2) is 121 Å². The van der Waals surface area contributed by atoms with Gasteiger partial charge in [0, 0.05) is 16.8 Å². The van der Waals surface area contributed by atoms with E-state index in [4.69, 9.17) is 0 Å². The van der Waals surface area contributed by atoms with Crippen LogP contribution in [0, 0.1) is 0 Å². The van der Waals surface area contributed by atoms with Crippen LogP contribution in [0.5, 0.6) is 0 Å². The van der Waals surface area contributed by atoms with Crippen molar-refractivity contribution < 1.29 is 22.8 Å². The molecule has 2 N–H and O–H groups in total. The number of halogens is 3. The lowest BCUT2D eigenvalue weighted by molar-refractivity contribution is -0.137. The fraction of sp³-hybridized carbons (Fsp3) is 0.0588. The summed E-state index contributed by atoms with van der Waals surface area (Å²) in [6.45, 7) is 0. The second-order valence-corrected chi connectivity index (χ2v) is 9.74. The lowest BCUT2D eigenvalue weighted by Crippen LogP contribution is -2.28. The molecule has 0 spiro atoms. The summed E-state index contributed by atoms with van der Waals surface area (Å²) in [6.07, 6.45) is -4.45. The minimum Gasteiger partial charge on any atom is -0.341 e. The molecule has 7 heteroatoms. The monoisotopic (exact) mass is 548 g/mol. The van der Waals surface area contributed by atoms with Gasteiger partial charge in [0.15, 0.2) is 0 Å². The molecule has 0 fully saturated rings. The average Bonchev–Trinajstić information content (AvgIpc) is 3.30. The van der Waals surface area contributed by atoms with Crippen LogP contribution in [0.3, 0.4) is 0 Å². The number of rotatable bonds is 5. The van der Waals surface area contributed by atoms with E-state index in [1.165, 1.54) is 12.1 Å². The fourth-order valence-corrected chi connectivity index (χ4v) is 5.23. The van der Waals surface area contributed by atoms with E-state index in [1.807, 2.05) is 48.5 Å². The first-order valence-electron chi connectivity index (χ1n) is 13.0. The standard InChI is InChI=1S/C34H23F3N2O2/c35-34(36,37)23-18-16-21(17-19-23)25-10-1-6-15-30(25)33(41)38-24-9-7-8-22(20-24)32(40)39-31-28-13-4-2-11-26(28)27-12-3-5-14-29(27)31/h1-20,31H,(H,38,41)(H,39,40). The van der Waals surface area contributed by atoms with Gasteiger partial charge in [0.1, 0.15) is 0 Å². The summed E-state index contributed by atoms with van der Waals surface area (Å²) in [4.78, 5) is 26.6. The first-order chi connectivity index (χ1) is 19.8. The summed E-state index contributed by atoms with van der Waals surface area (Å²) >= 11 is 0. The zero-order valence-electron chi connectivity index (χ0n) is 21.6. The number of benzene rings is 5. The predicted molar refractivity (Wildman–Crippen MR) is 152 cm³/mol. The highest BCUT2D eigenvalue weighted by atomic mass is 19.4. The number of hydrogen-bond donors (Lipinski definition) is 2. The second kappa shape index (κ2) is 10.4.